The molecular formula is C64H54Cl3N13. The zero-order valence-electron chi connectivity index (χ0n) is 44.2. The third-order valence-corrected chi connectivity index (χ3v) is 18.4. The van der Waals surface area contributed by atoms with E-state index in [0.717, 1.165) is 106 Å². The fourth-order valence-corrected chi connectivity index (χ4v) is 13.4. The number of aromatic nitrogens is 13. The average molecular weight is 1110 g/mol. The second-order valence-corrected chi connectivity index (χ2v) is 23.2. The minimum absolute atomic E-state index is 0.376. The Kier molecular flexibility index (Phi) is 11.8. The summed E-state index contributed by atoms with van der Waals surface area (Å²) in [5.41, 5.74) is 14.7. The topological polar surface area (TPSA) is 118 Å². The number of rotatable bonds is 6. The molecule has 0 spiro atoms. The summed E-state index contributed by atoms with van der Waals surface area (Å²) in [4.78, 5) is 34.0. The fourth-order valence-electron chi connectivity index (χ4n) is 12.8. The summed E-state index contributed by atoms with van der Waals surface area (Å²) in [6.45, 7) is 2.10. The quantitative estimate of drug-likeness (QED) is 0.163. The number of pyridine rings is 5. The van der Waals surface area contributed by atoms with E-state index in [0.29, 0.717) is 50.6 Å². The van der Waals surface area contributed by atoms with Crippen LogP contribution in [0.15, 0.2) is 165 Å². The Morgan fingerprint density at radius 3 is 1.40 bits per heavy atom. The maximum Gasteiger partial charge on any atom is 0.155 e. The van der Waals surface area contributed by atoms with Gasteiger partial charge in [-0.3, -0.25) is 4.98 Å². The summed E-state index contributed by atoms with van der Waals surface area (Å²) in [5.74, 6) is 4.71. The molecule has 3 aliphatic carbocycles. The van der Waals surface area contributed by atoms with Gasteiger partial charge < -0.3 is 26.7 Å². The zero-order valence-corrected chi connectivity index (χ0v) is 46.5. The van der Waals surface area contributed by atoms with Gasteiger partial charge in [0.2, 0.25) is 0 Å². The molecule has 6 atom stereocenters. The van der Waals surface area contributed by atoms with Crippen LogP contribution in [0.5, 0.6) is 0 Å². The molecule has 0 N–H and O–H groups in total. The van der Waals surface area contributed by atoms with E-state index in [1.165, 1.54) is 38.9 Å². The SMILES string of the molecule is Cc1ccn2cc(C3CCC3c3cn4cccc(Cl)c4n3)nc2c1.Clc1cccn2cc(C3CCC3c3cn4cccc(Cl)c4n3)nc12.Cn1c(C2CCC2c2nc3c4cccnc4ccc3n2C)nc2c3ccccc3ccc21. The largest absolute Gasteiger partial charge is 0.331 e. The molecule has 6 unspecified atom stereocenters. The van der Waals surface area contributed by atoms with Crippen LogP contribution in [0.3, 0.4) is 0 Å². The van der Waals surface area contributed by atoms with Gasteiger partial charge in [0, 0.05) is 116 Å². The molecular weight excluding hydrogens is 1060 g/mol. The molecule has 0 aliphatic heterocycles. The van der Waals surface area contributed by atoms with Gasteiger partial charge in [-0.25, -0.2) is 29.9 Å². The van der Waals surface area contributed by atoms with Crippen molar-refractivity contribution in [3.05, 3.63) is 220 Å². The number of imidazole rings is 6. The van der Waals surface area contributed by atoms with Crippen molar-refractivity contribution < 1.29 is 0 Å². The first kappa shape index (κ1) is 49.0. The van der Waals surface area contributed by atoms with Crippen molar-refractivity contribution in [1.29, 1.82) is 0 Å². The van der Waals surface area contributed by atoms with Crippen molar-refractivity contribution in [3.8, 4) is 0 Å². The summed E-state index contributed by atoms with van der Waals surface area (Å²) in [5, 5.41) is 5.65. The highest BCUT2D eigenvalue weighted by Crippen LogP contribution is 2.51. The number of halogens is 3. The predicted octanol–water partition coefficient (Wildman–Crippen LogP) is 15.4. The van der Waals surface area contributed by atoms with Crippen LogP contribution in [-0.2, 0) is 14.1 Å². The third-order valence-electron chi connectivity index (χ3n) is 17.5. The van der Waals surface area contributed by atoms with Gasteiger partial charge in [0.1, 0.15) is 17.3 Å². The van der Waals surface area contributed by atoms with Crippen LogP contribution in [0.4, 0.5) is 0 Å². The number of hydrogen-bond acceptors (Lipinski definition) is 7. The van der Waals surface area contributed by atoms with E-state index in [1.54, 1.807) is 0 Å². The van der Waals surface area contributed by atoms with Crippen molar-refractivity contribution in [1.82, 2.24) is 61.6 Å². The van der Waals surface area contributed by atoms with Crippen LogP contribution in [0.2, 0.25) is 15.1 Å². The van der Waals surface area contributed by atoms with Gasteiger partial charge in [-0.05, 0) is 135 Å². The molecule has 0 bridgehead atoms. The normalized spacial score (nSPS) is 19.8. The number of benzene rings is 3. The highest BCUT2D eigenvalue weighted by molar-refractivity contribution is 6.34. The van der Waals surface area contributed by atoms with Crippen molar-refractivity contribution in [2.24, 2.45) is 14.1 Å². The lowest BCUT2D eigenvalue weighted by atomic mass is 9.70. The molecule has 13 nitrogen and oxygen atoms in total. The van der Waals surface area contributed by atoms with Crippen LogP contribution in [0.1, 0.15) is 114 Å². The summed E-state index contributed by atoms with van der Waals surface area (Å²) >= 11 is 18.8. The lowest BCUT2D eigenvalue weighted by Gasteiger charge is -2.35. The molecule has 16 heteroatoms. The molecule has 3 aromatic carbocycles. The van der Waals surface area contributed by atoms with Crippen LogP contribution >= 0.6 is 34.8 Å². The molecule has 11 heterocycles. The number of fused-ring (bicyclic) bond motifs is 10. The Morgan fingerprint density at radius 1 is 0.425 bits per heavy atom. The monoisotopic (exact) mass is 1110 g/mol. The van der Waals surface area contributed by atoms with Crippen LogP contribution in [0.25, 0.3) is 66.3 Å². The fraction of sp³-hybridized carbons (Fsp3) is 0.234. The first-order valence-corrected chi connectivity index (χ1v) is 28.6. The van der Waals surface area contributed by atoms with E-state index in [9.17, 15) is 0 Å². The van der Waals surface area contributed by atoms with Gasteiger partial charge in [0.15, 0.2) is 16.9 Å². The minimum atomic E-state index is 0.376. The van der Waals surface area contributed by atoms with Crippen LogP contribution in [-0.4, -0.2) is 61.6 Å². The first-order chi connectivity index (χ1) is 39.1. The van der Waals surface area contributed by atoms with Crippen molar-refractivity contribution in [3.63, 3.8) is 0 Å². The molecule has 17 rings (SSSR count). The molecule has 80 heavy (non-hydrogen) atoms. The maximum absolute atomic E-state index is 6.26. The molecule has 0 amide bonds. The van der Waals surface area contributed by atoms with Crippen molar-refractivity contribution in [2.75, 3.05) is 0 Å². The smallest absolute Gasteiger partial charge is 0.155 e. The Labute approximate surface area is 475 Å². The van der Waals surface area contributed by atoms with Gasteiger partial charge in [0.25, 0.3) is 0 Å². The second kappa shape index (κ2) is 19.3. The van der Waals surface area contributed by atoms with Crippen molar-refractivity contribution >= 4 is 101 Å². The molecule has 0 saturated heterocycles. The second-order valence-electron chi connectivity index (χ2n) is 22.0. The molecule has 3 aliphatic rings. The Hall–Kier alpha value is -8.10. The first-order valence-electron chi connectivity index (χ1n) is 27.5. The van der Waals surface area contributed by atoms with Gasteiger partial charge in [-0.2, -0.15) is 0 Å². The number of aryl methyl sites for hydroxylation is 3. The van der Waals surface area contributed by atoms with Crippen LogP contribution < -0.4 is 0 Å². The van der Waals surface area contributed by atoms with E-state index < -0.39 is 0 Å². The van der Waals surface area contributed by atoms with Gasteiger partial charge in [-0.1, -0.05) is 65.1 Å². The number of nitrogens with zero attached hydrogens (tertiary/aromatic N) is 13. The van der Waals surface area contributed by atoms with Gasteiger partial charge in [0.05, 0.1) is 65.4 Å². The number of hydrogen-bond donors (Lipinski definition) is 0. The summed E-state index contributed by atoms with van der Waals surface area (Å²) in [6, 6.07) is 37.0. The Morgan fingerprint density at radius 2 is 0.887 bits per heavy atom. The van der Waals surface area contributed by atoms with Crippen molar-refractivity contribution in [2.45, 2.75) is 81.0 Å². The summed E-state index contributed by atoms with van der Waals surface area (Å²) < 4.78 is 12.7. The lowest BCUT2D eigenvalue weighted by molar-refractivity contribution is 0.310. The average Bonchev–Trinajstić information content (AvgIpc) is 4.48. The molecule has 396 valence electrons. The maximum atomic E-state index is 6.26. The molecule has 0 radical (unpaired) electrons. The minimum Gasteiger partial charge on any atom is -0.331 e. The third kappa shape index (κ3) is 8.14. The van der Waals surface area contributed by atoms with E-state index in [-0.39, 0.29) is 0 Å². The van der Waals surface area contributed by atoms with E-state index in [1.807, 2.05) is 80.5 Å². The molecule has 14 aromatic rings. The highest BCUT2D eigenvalue weighted by atomic mass is 35.5. The highest BCUT2D eigenvalue weighted by Gasteiger charge is 2.41. The zero-order chi connectivity index (χ0) is 53.9. The van der Waals surface area contributed by atoms with E-state index in [2.05, 4.69) is 137 Å². The summed E-state index contributed by atoms with van der Waals surface area (Å²) in [6.07, 6.45) is 25.2. The summed E-state index contributed by atoms with van der Waals surface area (Å²) in [7, 11) is 4.30. The van der Waals surface area contributed by atoms with E-state index >= 15 is 0 Å². The molecule has 3 fully saturated rings. The standard InChI is InChI=1S/C27H23N5.C19H17ClN4.C18H14Cl2N4/c1-31-22-13-9-16-6-3-4-7-17(16)24(22)29-26(31)18-10-11-19(18)27-30-25-20-8-5-15-28-21(20)12-14-23(25)32(27)2;1-12-6-8-23-10-16(21-18(23)9-12)13-4-5-14(13)17-11-24-7-2-3-15(20)19(24)22-17;19-13-3-1-7-23-9-15(21-17(13)23)11-5-6-12(11)16-10-24-8-2-4-14(20)18(24)22-16/h3-9,12-15,18-19H,10-11H2,1-2H3;2-3,6-11,13-14H,4-5H2,1H3;1-4,7-12H,5-6H2. The van der Waals surface area contributed by atoms with E-state index in [4.69, 9.17) is 64.7 Å². The van der Waals surface area contributed by atoms with Crippen LogP contribution in [0, 0.1) is 6.92 Å². The predicted molar refractivity (Wildman–Crippen MR) is 319 cm³/mol. The molecule has 3 saturated carbocycles. The molecule has 11 aromatic heterocycles. The Balaban J connectivity index is 0.000000105. The lowest BCUT2D eigenvalue weighted by Crippen LogP contribution is -2.26. The van der Waals surface area contributed by atoms with Gasteiger partial charge in [-0.15, -0.1) is 0 Å². The Bertz CT molecular complexity index is 4520. The van der Waals surface area contributed by atoms with Gasteiger partial charge >= 0.3 is 0 Å².